The van der Waals surface area contributed by atoms with E-state index >= 15 is 0 Å². The summed E-state index contributed by atoms with van der Waals surface area (Å²) in [7, 11) is 2.07. The van der Waals surface area contributed by atoms with E-state index in [2.05, 4.69) is 11.9 Å². The van der Waals surface area contributed by atoms with Gasteiger partial charge in [-0.05, 0) is 33.4 Å². The summed E-state index contributed by atoms with van der Waals surface area (Å²) in [6, 6.07) is 0. The fourth-order valence-electron chi connectivity index (χ4n) is 1.31. The van der Waals surface area contributed by atoms with Gasteiger partial charge in [-0.15, -0.1) is 0 Å². The van der Waals surface area contributed by atoms with E-state index in [-0.39, 0.29) is 0 Å². The van der Waals surface area contributed by atoms with Crippen LogP contribution in [0.2, 0.25) is 0 Å². The van der Waals surface area contributed by atoms with Gasteiger partial charge in [0.15, 0.2) is 0 Å². The Kier molecular flexibility index (Phi) is 9.52. The molecular formula is C11H23NO3. The van der Waals surface area contributed by atoms with Crippen molar-refractivity contribution in [1.82, 2.24) is 4.90 Å². The van der Waals surface area contributed by atoms with Crippen molar-refractivity contribution < 1.29 is 14.6 Å². The lowest BCUT2D eigenvalue weighted by Crippen LogP contribution is -2.24. The van der Waals surface area contributed by atoms with Crippen LogP contribution in [0.5, 0.6) is 0 Å². The topological polar surface area (TPSA) is 49.8 Å². The van der Waals surface area contributed by atoms with Gasteiger partial charge in [-0.2, -0.15) is 0 Å². The fraction of sp³-hybridized carbons (Fsp3) is 0.909. The fourth-order valence-corrected chi connectivity index (χ4v) is 1.31. The Balaban J connectivity index is 3.16. The average molecular weight is 217 g/mol. The number of hydrogen-bond donors (Lipinski definition) is 1. The van der Waals surface area contributed by atoms with Crippen LogP contribution in [-0.4, -0.2) is 49.3 Å². The molecule has 0 aliphatic heterocycles. The second kappa shape index (κ2) is 9.93. The van der Waals surface area contributed by atoms with Gasteiger partial charge in [0.2, 0.25) is 0 Å². The number of hydrogen-bond acceptors (Lipinski definition) is 3. The standard InChI is InChI=1S/C11H23NO3/c1-3-15-10-9-12(2)8-6-4-5-7-11(13)14/h3-10H2,1-2H3,(H,13,14). The summed E-state index contributed by atoms with van der Waals surface area (Å²) in [6.45, 7) is 5.51. The highest BCUT2D eigenvalue weighted by atomic mass is 16.5. The molecule has 0 aromatic rings. The molecule has 4 nitrogen and oxygen atoms in total. The molecule has 90 valence electrons. The molecule has 0 bridgehead atoms. The maximum Gasteiger partial charge on any atom is 0.303 e. The van der Waals surface area contributed by atoms with Gasteiger partial charge >= 0.3 is 5.97 Å². The SMILES string of the molecule is CCOCCN(C)CCCCCC(=O)O. The molecule has 0 fully saturated rings. The van der Waals surface area contributed by atoms with Crippen molar-refractivity contribution in [3.63, 3.8) is 0 Å². The van der Waals surface area contributed by atoms with Gasteiger partial charge in [0.1, 0.15) is 0 Å². The van der Waals surface area contributed by atoms with Crippen molar-refractivity contribution in [2.75, 3.05) is 33.4 Å². The average Bonchev–Trinajstić information content (AvgIpc) is 2.17. The Hall–Kier alpha value is -0.610. The molecule has 0 aliphatic carbocycles. The first-order valence-corrected chi connectivity index (χ1v) is 5.65. The lowest BCUT2D eigenvalue weighted by Gasteiger charge is -2.15. The van der Waals surface area contributed by atoms with E-state index in [9.17, 15) is 4.79 Å². The van der Waals surface area contributed by atoms with Crippen molar-refractivity contribution in [1.29, 1.82) is 0 Å². The molecule has 0 spiro atoms. The van der Waals surface area contributed by atoms with Crippen molar-refractivity contribution in [3.8, 4) is 0 Å². The monoisotopic (exact) mass is 217 g/mol. The van der Waals surface area contributed by atoms with E-state index in [1.165, 1.54) is 0 Å². The lowest BCUT2D eigenvalue weighted by atomic mass is 10.2. The summed E-state index contributed by atoms with van der Waals surface area (Å²) in [5, 5.41) is 8.44. The van der Waals surface area contributed by atoms with Gasteiger partial charge < -0.3 is 14.7 Å². The molecule has 0 aliphatic rings. The minimum Gasteiger partial charge on any atom is -0.481 e. The molecule has 15 heavy (non-hydrogen) atoms. The number of likely N-dealkylation sites (N-methyl/N-ethyl adjacent to an activating group) is 1. The van der Waals surface area contributed by atoms with Crippen LogP contribution >= 0.6 is 0 Å². The Labute approximate surface area is 92.2 Å². The van der Waals surface area contributed by atoms with Crippen LogP contribution < -0.4 is 0 Å². The lowest BCUT2D eigenvalue weighted by molar-refractivity contribution is -0.137. The van der Waals surface area contributed by atoms with Gasteiger partial charge in [-0.25, -0.2) is 0 Å². The van der Waals surface area contributed by atoms with E-state index < -0.39 is 5.97 Å². The summed E-state index contributed by atoms with van der Waals surface area (Å²) >= 11 is 0. The summed E-state index contributed by atoms with van der Waals surface area (Å²) < 4.78 is 5.24. The number of carboxylic acid groups (broad SMARTS) is 1. The molecule has 0 saturated carbocycles. The third kappa shape index (κ3) is 11.3. The Morgan fingerprint density at radius 1 is 1.27 bits per heavy atom. The second-order valence-corrected chi connectivity index (χ2v) is 3.70. The van der Waals surface area contributed by atoms with E-state index in [0.29, 0.717) is 6.42 Å². The third-order valence-electron chi connectivity index (χ3n) is 2.25. The van der Waals surface area contributed by atoms with Crippen LogP contribution in [0, 0.1) is 0 Å². The van der Waals surface area contributed by atoms with E-state index in [1.54, 1.807) is 0 Å². The minimum absolute atomic E-state index is 0.294. The van der Waals surface area contributed by atoms with Crippen molar-refractivity contribution in [3.05, 3.63) is 0 Å². The maximum atomic E-state index is 10.2. The number of nitrogens with zero attached hydrogens (tertiary/aromatic N) is 1. The number of carbonyl (C=O) groups is 1. The van der Waals surface area contributed by atoms with Crippen molar-refractivity contribution in [2.45, 2.75) is 32.6 Å². The summed E-state index contributed by atoms with van der Waals surface area (Å²) in [4.78, 5) is 12.5. The van der Waals surface area contributed by atoms with Crippen molar-refractivity contribution >= 4 is 5.97 Å². The summed E-state index contributed by atoms with van der Waals surface area (Å²) in [6.07, 6.45) is 3.14. The van der Waals surface area contributed by atoms with Gasteiger partial charge in [0.05, 0.1) is 6.61 Å². The van der Waals surface area contributed by atoms with Crippen LogP contribution in [0.3, 0.4) is 0 Å². The number of ether oxygens (including phenoxy) is 1. The summed E-state index contributed by atoms with van der Waals surface area (Å²) in [5.74, 6) is -0.695. The molecule has 0 heterocycles. The minimum atomic E-state index is -0.695. The van der Waals surface area contributed by atoms with Crippen molar-refractivity contribution in [2.24, 2.45) is 0 Å². The zero-order valence-electron chi connectivity index (χ0n) is 9.87. The maximum absolute atomic E-state index is 10.2. The highest BCUT2D eigenvalue weighted by Crippen LogP contribution is 2.00. The molecule has 4 heteroatoms. The third-order valence-corrected chi connectivity index (χ3v) is 2.25. The molecule has 0 unspecified atom stereocenters. The first-order chi connectivity index (χ1) is 7.16. The predicted molar refractivity (Wildman–Crippen MR) is 60.1 cm³/mol. The van der Waals surface area contributed by atoms with E-state index in [4.69, 9.17) is 9.84 Å². The molecule has 0 atom stereocenters. The summed E-state index contributed by atoms with van der Waals surface area (Å²) in [5.41, 5.74) is 0. The molecule has 1 N–H and O–H groups in total. The molecule has 0 saturated heterocycles. The van der Waals surface area contributed by atoms with Crippen LogP contribution in [0.1, 0.15) is 32.6 Å². The molecule has 0 radical (unpaired) electrons. The Bertz CT molecular complexity index is 162. The highest BCUT2D eigenvalue weighted by molar-refractivity contribution is 5.66. The normalized spacial score (nSPS) is 10.9. The smallest absolute Gasteiger partial charge is 0.303 e. The van der Waals surface area contributed by atoms with Crippen LogP contribution in [0.4, 0.5) is 0 Å². The van der Waals surface area contributed by atoms with Gasteiger partial charge in [-0.1, -0.05) is 6.42 Å². The zero-order chi connectivity index (χ0) is 11.5. The number of rotatable bonds is 10. The van der Waals surface area contributed by atoms with E-state index in [1.807, 2.05) is 6.92 Å². The van der Waals surface area contributed by atoms with Crippen LogP contribution in [-0.2, 0) is 9.53 Å². The first kappa shape index (κ1) is 14.4. The zero-order valence-corrected chi connectivity index (χ0v) is 9.87. The molecule has 0 amide bonds. The van der Waals surface area contributed by atoms with Gasteiger partial charge in [0.25, 0.3) is 0 Å². The molecule has 0 aromatic carbocycles. The van der Waals surface area contributed by atoms with Crippen LogP contribution in [0.15, 0.2) is 0 Å². The van der Waals surface area contributed by atoms with E-state index in [0.717, 1.165) is 45.6 Å². The number of carboxylic acids is 1. The predicted octanol–water partition coefficient (Wildman–Crippen LogP) is 1.60. The van der Waals surface area contributed by atoms with Gasteiger partial charge in [-0.3, -0.25) is 4.79 Å². The second-order valence-electron chi connectivity index (χ2n) is 3.70. The largest absolute Gasteiger partial charge is 0.481 e. The quantitative estimate of drug-likeness (QED) is 0.565. The van der Waals surface area contributed by atoms with Gasteiger partial charge in [0, 0.05) is 19.6 Å². The molecular weight excluding hydrogens is 194 g/mol. The molecule has 0 aromatic heterocycles. The first-order valence-electron chi connectivity index (χ1n) is 5.65. The Morgan fingerprint density at radius 2 is 2.00 bits per heavy atom. The molecule has 0 rings (SSSR count). The highest BCUT2D eigenvalue weighted by Gasteiger charge is 1.99. The van der Waals surface area contributed by atoms with Crippen LogP contribution in [0.25, 0.3) is 0 Å². The number of unbranched alkanes of at least 4 members (excludes halogenated alkanes) is 2. The number of aliphatic carboxylic acids is 1. The Morgan fingerprint density at radius 3 is 2.60 bits per heavy atom.